The molecule has 0 amide bonds. The van der Waals surface area contributed by atoms with Crippen LogP contribution in [0.1, 0.15) is 84.1 Å². The molecule has 0 atom stereocenters. The van der Waals surface area contributed by atoms with E-state index in [0.29, 0.717) is 11.3 Å². The third-order valence-corrected chi connectivity index (χ3v) is 3.81. The Kier molecular flexibility index (Phi) is 6.21. The van der Waals surface area contributed by atoms with E-state index in [1.54, 1.807) is 20.8 Å². The lowest BCUT2D eigenvalue weighted by Gasteiger charge is -2.27. The molecule has 1 aromatic rings. The zero-order valence-electron chi connectivity index (χ0n) is 17.1. The molecule has 1 aromatic heterocycles. The van der Waals surface area contributed by atoms with Crippen LogP contribution in [0.3, 0.4) is 0 Å². The molecule has 0 unspecified atom stereocenters. The first-order valence-electron chi connectivity index (χ1n) is 8.38. The fourth-order valence-electron chi connectivity index (χ4n) is 2.45. The van der Waals surface area contributed by atoms with Crippen molar-refractivity contribution in [2.24, 2.45) is 0 Å². The second-order valence-corrected chi connectivity index (χ2v) is 10.6. The molecule has 0 spiro atoms. The lowest BCUT2D eigenvalue weighted by Crippen LogP contribution is -2.29. The van der Waals surface area contributed by atoms with E-state index in [0.717, 1.165) is 0 Å². The summed E-state index contributed by atoms with van der Waals surface area (Å²) >= 11 is 0. The third kappa shape index (κ3) is 6.20. The van der Waals surface area contributed by atoms with Crippen LogP contribution in [0.15, 0.2) is 0 Å². The van der Waals surface area contributed by atoms with Gasteiger partial charge in [-0.25, -0.2) is 14.0 Å². The summed E-state index contributed by atoms with van der Waals surface area (Å²) in [6.45, 7) is 16.4. The van der Waals surface area contributed by atoms with Crippen LogP contribution >= 0.6 is 7.82 Å². The number of ether oxygens (including phenoxy) is 1. The lowest BCUT2D eigenvalue weighted by molar-refractivity contribution is 0.00432. The Morgan fingerprint density at radius 2 is 1.54 bits per heavy atom. The second kappa shape index (κ2) is 7.08. The van der Waals surface area contributed by atoms with Gasteiger partial charge in [-0.05, 0) is 26.2 Å². The minimum Gasteiger partial charge on any atom is -0.455 e. The zero-order valence-corrected chi connectivity index (χ0v) is 18.0. The summed E-state index contributed by atoms with van der Waals surface area (Å²) in [5, 5.41) is 4.45. The largest absolute Gasteiger partial charge is 0.471 e. The van der Waals surface area contributed by atoms with Crippen molar-refractivity contribution in [3.05, 3.63) is 17.0 Å². The fraction of sp³-hybridized carbons (Fsp3) is 0.765. The summed E-state index contributed by atoms with van der Waals surface area (Å²) in [5.74, 6) is -0.611. The van der Waals surface area contributed by atoms with Crippen molar-refractivity contribution < 1.29 is 28.4 Å². The van der Waals surface area contributed by atoms with Gasteiger partial charge in [-0.3, -0.25) is 4.52 Å². The molecule has 150 valence electrons. The molecule has 0 aromatic carbocycles. The molecular weight excluding hydrogens is 359 g/mol. The maximum atomic E-state index is 12.9. The molecule has 1 heterocycles. The van der Waals surface area contributed by atoms with E-state index < -0.39 is 37.0 Å². The van der Waals surface area contributed by atoms with Gasteiger partial charge >= 0.3 is 13.8 Å². The molecule has 26 heavy (non-hydrogen) atoms. The highest BCUT2D eigenvalue weighted by Gasteiger charge is 2.37. The average molecular weight is 390 g/mol. The van der Waals surface area contributed by atoms with E-state index >= 15 is 0 Å². The molecule has 0 saturated heterocycles. The third-order valence-electron chi connectivity index (χ3n) is 3.35. The highest BCUT2D eigenvalue weighted by atomic mass is 31.2. The molecule has 0 aliphatic rings. The number of rotatable bonds is 4. The average Bonchev–Trinajstić information content (AvgIpc) is 2.72. The number of hydrogen-bond donors (Lipinski definition) is 2. The molecule has 0 bridgehead atoms. The standard InChI is InChI=1S/C17H31N2O6P/c1-15(2,3)11-12(14(20)25-17(7,8)9)19(10-24-26(21,22)23)18-13(11)16(4,5)6/h10H2,1-9H3,(H2,21,22,23). The first-order valence-corrected chi connectivity index (χ1v) is 9.91. The molecule has 0 radical (unpaired) electrons. The Morgan fingerprint density at radius 3 is 1.88 bits per heavy atom. The Bertz CT molecular complexity index is 713. The van der Waals surface area contributed by atoms with E-state index in [1.807, 2.05) is 41.5 Å². The van der Waals surface area contributed by atoms with E-state index in [-0.39, 0.29) is 5.69 Å². The van der Waals surface area contributed by atoms with E-state index in [1.165, 1.54) is 4.68 Å². The highest BCUT2D eigenvalue weighted by Crippen LogP contribution is 2.39. The van der Waals surface area contributed by atoms with Gasteiger partial charge in [-0.1, -0.05) is 41.5 Å². The molecule has 0 aliphatic heterocycles. The van der Waals surface area contributed by atoms with Crippen molar-refractivity contribution >= 4 is 13.8 Å². The summed E-state index contributed by atoms with van der Waals surface area (Å²) < 4.78 is 22.4. The van der Waals surface area contributed by atoms with Crippen LogP contribution in [0.25, 0.3) is 0 Å². The van der Waals surface area contributed by atoms with Gasteiger partial charge in [-0.2, -0.15) is 5.10 Å². The zero-order chi connectivity index (χ0) is 20.7. The molecular formula is C17H31N2O6P. The summed E-state index contributed by atoms with van der Waals surface area (Å²) in [6, 6.07) is 0. The van der Waals surface area contributed by atoms with E-state index in [2.05, 4.69) is 9.62 Å². The van der Waals surface area contributed by atoms with Gasteiger partial charge in [-0.15, -0.1) is 0 Å². The molecule has 0 fully saturated rings. The van der Waals surface area contributed by atoms with Crippen molar-refractivity contribution in [3.63, 3.8) is 0 Å². The number of carbonyl (C=O) groups excluding carboxylic acids is 1. The minimum absolute atomic E-state index is 0.144. The van der Waals surface area contributed by atoms with Crippen LogP contribution in [0, 0.1) is 0 Å². The maximum absolute atomic E-state index is 12.9. The number of phosphoric acid groups is 1. The van der Waals surface area contributed by atoms with Gasteiger partial charge in [0, 0.05) is 11.0 Å². The minimum atomic E-state index is -4.72. The second-order valence-electron chi connectivity index (χ2n) is 9.32. The number of aromatic nitrogens is 2. The number of carbonyl (C=O) groups is 1. The van der Waals surface area contributed by atoms with Gasteiger partial charge in [0.15, 0.2) is 12.4 Å². The van der Waals surface area contributed by atoms with Crippen LogP contribution in [0.4, 0.5) is 0 Å². The predicted octanol–water partition coefficient (Wildman–Crippen LogP) is 3.50. The first kappa shape index (κ1) is 22.8. The maximum Gasteiger partial charge on any atom is 0.471 e. The van der Waals surface area contributed by atoms with Crippen LogP contribution in [0.2, 0.25) is 0 Å². The summed E-state index contributed by atoms with van der Waals surface area (Å²) in [7, 11) is -4.72. The summed E-state index contributed by atoms with van der Waals surface area (Å²) in [5.41, 5.74) is -0.102. The van der Waals surface area contributed by atoms with Gasteiger partial charge in [0.25, 0.3) is 0 Å². The normalized spacial score (nSPS) is 13.8. The first-order chi connectivity index (χ1) is 11.3. The van der Waals surface area contributed by atoms with E-state index in [9.17, 15) is 9.36 Å². The molecule has 8 nitrogen and oxygen atoms in total. The molecule has 2 N–H and O–H groups in total. The Morgan fingerprint density at radius 1 is 1.04 bits per heavy atom. The quantitative estimate of drug-likeness (QED) is 0.598. The molecule has 0 saturated carbocycles. The van der Waals surface area contributed by atoms with Gasteiger partial charge < -0.3 is 14.5 Å². The monoisotopic (exact) mass is 390 g/mol. The summed E-state index contributed by atoms with van der Waals surface area (Å²) in [6.07, 6.45) is 0. The fourth-order valence-corrected chi connectivity index (χ4v) is 2.71. The predicted molar refractivity (Wildman–Crippen MR) is 97.9 cm³/mol. The van der Waals surface area contributed by atoms with Crippen molar-refractivity contribution in [1.29, 1.82) is 0 Å². The molecule has 1 rings (SSSR count). The summed E-state index contributed by atoms with van der Waals surface area (Å²) in [4.78, 5) is 30.9. The Balaban J connectivity index is 3.65. The van der Waals surface area contributed by atoms with Crippen molar-refractivity contribution in [2.45, 2.75) is 85.5 Å². The SMILES string of the molecule is CC(C)(C)OC(=O)c1c(C(C)(C)C)c(C(C)(C)C)nn1COP(=O)(O)O. The van der Waals surface area contributed by atoms with Crippen molar-refractivity contribution in [3.8, 4) is 0 Å². The van der Waals surface area contributed by atoms with Crippen LogP contribution in [0.5, 0.6) is 0 Å². The van der Waals surface area contributed by atoms with Crippen LogP contribution in [-0.4, -0.2) is 31.1 Å². The Labute approximate surface area is 155 Å². The number of hydrogen-bond acceptors (Lipinski definition) is 5. The van der Waals surface area contributed by atoms with Gasteiger partial charge in [0.1, 0.15) is 5.60 Å². The molecule has 0 aliphatic carbocycles. The smallest absolute Gasteiger partial charge is 0.455 e. The van der Waals surface area contributed by atoms with Crippen molar-refractivity contribution in [2.75, 3.05) is 0 Å². The van der Waals surface area contributed by atoms with E-state index in [4.69, 9.17) is 14.5 Å². The van der Waals surface area contributed by atoms with Crippen LogP contribution < -0.4 is 0 Å². The van der Waals surface area contributed by atoms with Crippen LogP contribution in [-0.2, 0) is 31.4 Å². The topological polar surface area (TPSA) is 111 Å². The Hall–Kier alpha value is -1.21. The number of nitrogens with zero attached hydrogens (tertiary/aromatic N) is 2. The lowest BCUT2D eigenvalue weighted by atomic mass is 9.78. The van der Waals surface area contributed by atoms with Crippen molar-refractivity contribution in [1.82, 2.24) is 9.78 Å². The van der Waals surface area contributed by atoms with Gasteiger partial charge in [0.05, 0.1) is 5.69 Å². The number of phosphoric ester groups is 1. The molecule has 9 heteroatoms. The highest BCUT2D eigenvalue weighted by molar-refractivity contribution is 7.46. The number of esters is 1. The van der Waals surface area contributed by atoms with Gasteiger partial charge in [0.2, 0.25) is 0 Å².